The van der Waals surface area contributed by atoms with Crippen LogP contribution >= 0.6 is 23.4 Å². The Balaban J connectivity index is 2.08. The Morgan fingerprint density at radius 1 is 1.17 bits per heavy atom. The molecule has 30 heavy (non-hydrogen) atoms. The average Bonchev–Trinajstić information content (AvgIpc) is 2.75. The van der Waals surface area contributed by atoms with Gasteiger partial charge in [0.1, 0.15) is 11.8 Å². The molecule has 162 valence electrons. The fourth-order valence-electron chi connectivity index (χ4n) is 2.91. The standard InChI is InChI=1S/C23H29ClN2O3S/c1-4-11-25-23(28)17(2)26(14-18-7-6-10-21(13-18)29-3)22(27)16-30-15-19-8-5-9-20(24)12-19/h5-10,12-13,17H,4,11,14-16H2,1-3H3,(H,25,28). The second-order valence-corrected chi connectivity index (χ2v) is 8.38. The van der Waals surface area contributed by atoms with Crippen LogP contribution in [0.1, 0.15) is 31.4 Å². The first-order chi connectivity index (χ1) is 14.4. The van der Waals surface area contributed by atoms with Crippen LogP contribution in [-0.2, 0) is 21.9 Å². The third-order valence-corrected chi connectivity index (χ3v) is 5.81. The highest BCUT2D eigenvalue weighted by Crippen LogP contribution is 2.20. The van der Waals surface area contributed by atoms with Crippen LogP contribution in [0.3, 0.4) is 0 Å². The van der Waals surface area contributed by atoms with Crippen LogP contribution in [0.5, 0.6) is 5.75 Å². The van der Waals surface area contributed by atoms with E-state index in [0.717, 1.165) is 23.3 Å². The van der Waals surface area contributed by atoms with Gasteiger partial charge in [-0.3, -0.25) is 9.59 Å². The van der Waals surface area contributed by atoms with E-state index in [1.165, 1.54) is 11.8 Å². The minimum absolute atomic E-state index is 0.0796. The number of methoxy groups -OCH3 is 1. The number of hydrogen-bond donors (Lipinski definition) is 1. The van der Waals surface area contributed by atoms with Gasteiger partial charge in [-0.1, -0.05) is 42.8 Å². The second kappa shape index (κ2) is 12.5. The van der Waals surface area contributed by atoms with E-state index in [4.69, 9.17) is 16.3 Å². The molecule has 0 fully saturated rings. The lowest BCUT2D eigenvalue weighted by atomic mass is 10.1. The molecule has 0 heterocycles. The predicted molar refractivity (Wildman–Crippen MR) is 124 cm³/mol. The summed E-state index contributed by atoms with van der Waals surface area (Å²) >= 11 is 7.54. The molecule has 1 N–H and O–H groups in total. The van der Waals surface area contributed by atoms with Crippen molar-refractivity contribution < 1.29 is 14.3 Å². The van der Waals surface area contributed by atoms with Crippen LogP contribution in [0.4, 0.5) is 0 Å². The number of nitrogens with one attached hydrogen (secondary N) is 1. The number of halogens is 1. The van der Waals surface area contributed by atoms with Crippen LogP contribution in [0, 0.1) is 0 Å². The number of carbonyl (C=O) groups is 2. The Bertz CT molecular complexity index is 847. The summed E-state index contributed by atoms with van der Waals surface area (Å²) in [5.74, 6) is 1.45. The minimum Gasteiger partial charge on any atom is -0.497 e. The minimum atomic E-state index is -0.568. The molecule has 0 aliphatic rings. The summed E-state index contributed by atoms with van der Waals surface area (Å²) in [5.41, 5.74) is 1.98. The maximum atomic E-state index is 13.0. The quantitative estimate of drug-likeness (QED) is 0.548. The molecule has 1 atom stereocenters. The Hall–Kier alpha value is -2.18. The number of thioether (sulfide) groups is 1. The van der Waals surface area contributed by atoms with Crippen molar-refractivity contribution in [2.75, 3.05) is 19.4 Å². The van der Waals surface area contributed by atoms with Gasteiger partial charge < -0.3 is 15.0 Å². The van der Waals surface area contributed by atoms with Gasteiger partial charge in [0.2, 0.25) is 11.8 Å². The number of carbonyl (C=O) groups excluding carboxylic acids is 2. The number of hydrogen-bond acceptors (Lipinski definition) is 4. The highest BCUT2D eigenvalue weighted by molar-refractivity contribution is 7.99. The molecule has 2 rings (SSSR count). The second-order valence-electron chi connectivity index (χ2n) is 6.96. The average molecular weight is 449 g/mol. The van der Waals surface area contributed by atoms with E-state index in [1.54, 1.807) is 18.9 Å². The Morgan fingerprint density at radius 3 is 2.60 bits per heavy atom. The number of benzene rings is 2. The van der Waals surface area contributed by atoms with Crippen LogP contribution in [-0.4, -0.2) is 42.2 Å². The number of rotatable bonds is 11. The van der Waals surface area contributed by atoms with Crippen LogP contribution in [0.15, 0.2) is 48.5 Å². The lowest BCUT2D eigenvalue weighted by molar-refractivity contribution is -0.138. The molecule has 7 heteroatoms. The van der Waals surface area contributed by atoms with Gasteiger partial charge in [-0.2, -0.15) is 0 Å². The number of amides is 2. The molecular weight excluding hydrogens is 420 g/mol. The van der Waals surface area contributed by atoms with Gasteiger partial charge in [-0.25, -0.2) is 0 Å². The van der Waals surface area contributed by atoms with Crippen molar-refractivity contribution in [2.45, 2.75) is 38.6 Å². The highest BCUT2D eigenvalue weighted by Gasteiger charge is 2.25. The fourth-order valence-corrected chi connectivity index (χ4v) is 3.98. The Kier molecular flexibility index (Phi) is 10.0. The van der Waals surface area contributed by atoms with Crippen molar-refractivity contribution in [2.24, 2.45) is 0 Å². The van der Waals surface area contributed by atoms with Crippen molar-refractivity contribution in [3.8, 4) is 5.75 Å². The Labute approximate surface area is 188 Å². The van der Waals surface area contributed by atoms with E-state index in [0.29, 0.717) is 23.9 Å². The maximum absolute atomic E-state index is 13.0. The molecule has 0 saturated heterocycles. The van der Waals surface area contributed by atoms with E-state index in [2.05, 4.69) is 5.32 Å². The van der Waals surface area contributed by atoms with Gasteiger partial charge >= 0.3 is 0 Å². The monoisotopic (exact) mass is 448 g/mol. The van der Waals surface area contributed by atoms with Gasteiger partial charge in [0.05, 0.1) is 12.9 Å². The van der Waals surface area contributed by atoms with Crippen molar-refractivity contribution in [3.63, 3.8) is 0 Å². The molecule has 0 saturated carbocycles. The molecule has 2 amide bonds. The molecule has 0 aliphatic heterocycles. The zero-order valence-electron chi connectivity index (χ0n) is 17.7. The number of ether oxygens (including phenoxy) is 1. The first-order valence-corrected chi connectivity index (χ1v) is 11.5. The third-order valence-electron chi connectivity index (χ3n) is 4.59. The van der Waals surface area contributed by atoms with Crippen molar-refractivity contribution in [1.29, 1.82) is 0 Å². The molecule has 0 aromatic heterocycles. The molecule has 2 aromatic rings. The Morgan fingerprint density at radius 2 is 1.90 bits per heavy atom. The first kappa shape index (κ1) is 24.1. The summed E-state index contributed by atoms with van der Waals surface area (Å²) < 4.78 is 5.28. The maximum Gasteiger partial charge on any atom is 0.242 e. The van der Waals surface area contributed by atoms with Crippen LogP contribution < -0.4 is 10.1 Å². The molecular formula is C23H29ClN2O3S. The largest absolute Gasteiger partial charge is 0.497 e. The first-order valence-electron chi connectivity index (χ1n) is 9.97. The van der Waals surface area contributed by atoms with Gasteiger partial charge in [-0.05, 0) is 48.7 Å². The van der Waals surface area contributed by atoms with Crippen molar-refractivity contribution in [1.82, 2.24) is 10.2 Å². The zero-order valence-corrected chi connectivity index (χ0v) is 19.3. The van der Waals surface area contributed by atoms with Gasteiger partial charge in [0.15, 0.2) is 0 Å². The normalized spacial score (nSPS) is 11.6. The zero-order chi connectivity index (χ0) is 21.9. The summed E-state index contributed by atoms with van der Waals surface area (Å²) in [6.07, 6.45) is 0.845. The van der Waals surface area contributed by atoms with Gasteiger partial charge in [0, 0.05) is 23.9 Å². The highest BCUT2D eigenvalue weighted by atomic mass is 35.5. The van der Waals surface area contributed by atoms with Gasteiger partial charge in [-0.15, -0.1) is 11.8 Å². The van der Waals surface area contributed by atoms with Crippen LogP contribution in [0.25, 0.3) is 0 Å². The van der Waals surface area contributed by atoms with Crippen LogP contribution in [0.2, 0.25) is 5.02 Å². The molecule has 0 aliphatic carbocycles. The molecule has 0 radical (unpaired) electrons. The smallest absolute Gasteiger partial charge is 0.242 e. The molecule has 2 aromatic carbocycles. The molecule has 1 unspecified atom stereocenters. The molecule has 0 bridgehead atoms. The molecule has 5 nitrogen and oxygen atoms in total. The van der Waals surface area contributed by atoms with E-state index in [9.17, 15) is 9.59 Å². The van der Waals surface area contributed by atoms with E-state index >= 15 is 0 Å². The summed E-state index contributed by atoms with van der Waals surface area (Å²) in [7, 11) is 1.61. The summed E-state index contributed by atoms with van der Waals surface area (Å²) in [6, 6.07) is 14.6. The van der Waals surface area contributed by atoms with Crippen molar-refractivity contribution in [3.05, 3.63) is 64.7 Å². The van der Waals surface area contributed by atoms with E-state index in [1.807, 2.05) is 55.5 Å². The van der Waals surface area contributed by atoms with E-state index < -0.39 is 6.04 Å². The third kappa shape index (κ3) is 7.58. The summed E-state index contributed by atoms with van der Waals surface area (Å²) in [4.78, 5) is 27.2. The number of nitrogens with zero attached hydrogens (tertiary/aromatic N) is 1. The summed E-state index contributed by atoms with van der Waals surface area (Å²) in [6.45, 7) is 4.70. The van der Waals surface area contributed by atoms with Crippen molar-refractivity contribution >= 4 is 35.2 Å². The topological polar surface area (TPSA) is 58.6 Å². The summed E-state index contributed by atoms with van der Waals surface area (Å²) in [5, 5.41) is 3.57. The SMILES string of the molecule is CCCNC(=O)C(C)N(Cc1cccc(OC)c1)C(=O)CSCc1cccc(Cl)c1. The molecule has 0 spiro atoms. The lowest BCUT2D eigenvalue weighted by Crippen LogP contribution is -2.48. The van der Waals surface area contributed by atoms with E-state index in [-0.39, 0.29) is 17.6 Å². The lowest BCUT2D eigenvalue weighted by Gasteiger charge is -2.29. The predicted octanol–water partition coefficient (Wildman–Crippen LogP) is 4.53. The van der Waals surface area contributed by atoms with Gasteiger partial charge in [0.25, 0.3) is 0 Å². The fraction of sp³-hybridized carbons (Fsp3) is 0.391.